The standard InChI is InChI=1S/C18H29N3O/c1-3-5-7-11-20-18(22)15-10-12-19-17(14-15)21-13-8-6-9-16(21)4-2/h10,12,14,16H,3-9,11,13H2,1-2H3,(H,20,22). The molecule has 1 N–H and O–H groups in total. The minimum absolute atomic E-state index is 0.0183. The molecule has 4 nitrogen and oxygen atoms in total. The van der Waals surface area contributed by atoms with Crippen molar-refractivity contribution in [3.05, 3.63) is 23.9 Å². The summed E-state index contributed by atoms with van der Waals surface area (Å²) in [4.78, 5) is 19.1. The molecular formula is C18H29N3O. The predicted octanol–water partition coefficient (Wildman–Crippen LogP) is 3.77. The van der Waals surface area contributed by atoms with E-state index in [1.807, 2.05) is 12.1 Å². The van der Waals surface area contributed by atoms with Crippen molar-refractivity contribution in [3.63, 3.8) is 0 Å². The Morgan fingerprint density at radius 1 is 1.36 bits per heavy atom. The molecule has 2 rings (SSSR count). The zero-order chi connectivity index (χ0) is 15.8. The summed E-state index contributed by atoms with van der Waals surface area (Å²) in [6.07, 6.45) is 10.0. The third-order valence-electron chi connectivity index (χ3n) is 4.47. The minimum Gasteiger partial charge on any atom is -0.354 e. The number of carbonyl (C=O) groups is 1. The molecule has 2 heterocycles. The van der Waals surface area contributed by atoms with Gasteiger partial charge in [-0.3, -0.25) is 4.79 Å². The molecule has 22 heavy (non-hydrogen) atoms. The van der Waals surface area contributed by atoms with Crippen molar-refractivity contribution in [2.24, 2.45) is 0 Å². The van der Waals surface area contributed by atoms with E-state index in [9.17, 15) is 4.79 Å². The van der Waals surface area contributed by atoms with E-state index in [0.717, 1.165) is 43.7 Å². The van der Waals surface area contributed by atoms with Crippen LogP contribution in [0.2, 0.25) is 0 Å². The summed E-state index contributed by atoms with van der Waals surface area (Å²) >= 11 is 0. The van der Waals surface area contributed by atoms with Gasteiger partial charge in [-0.15, -0.1) is 0 Å². The van der Waals surface area contributed by atoms with Crippen molar-refractivity contribution in [2.75, 3.05) is 18.0 Å². The first kappa shape index (κ1) is 16.8. The average molecular weight is 303 g/mol. The van der Waals surface area contributed by atoms with Crippen LogP contribution in [-0.4, -0.2) is 30.0 Å². The zero-order valence-electron chi connectivity index (χ0n) is 14.0. The minimum atomic E-state index is 0.0183. The molecule has 1 unspecified atom stereocenters. The number of anilines is 1. The lowest BCUT2D eigenvalue weighted by molar-refractivity contribution is 0.0953. The van der Waals surface area contributed by atoms with Gasteiger partial charge in [0, 0.05) is 30.9 Å². The number of rotatable bonds is 7. The highest BCUT2D eigenvalue weighted by Crippen LogP contribution is 2.25. The Kier molecular flexibility index (Phi) is 6.69. The lowest BCUT2D eigenvalue weighted by Crippen LogP contribution is -2.39. The maximum atomic E-state index is 12.2. The summed E-state index contributed by atoms with van der Waals surface area (Å²) in [6.45, 7) is 6.20. The number of carbonyl (C=O) groups excluding carboxylic acids is 1. The monoisotopic (exact) mass is 303 g/mol. The number of unbranched alkanes of at least 4 members (excludes halogenated alkanes) is 2. The van der Waals surface area contributed by atoms with E-state index in [2.05, 4.69) is 29.0 Å². The highest BCUT2D eigenvalue weighted by Gasteiger charge is 2.22. The molecule has 0 radical (unpaired) electrons. The topological polar surface area (TPSA) is 45.2 Å². The molecule has 0 spiro atoms. The molecule has 1 aliphatic rings. The number of nitrogens with zero attached hydrogens (tertiary/aromatic N) is 2. The number of nitrogens with one attached hydrogen (secondary N) is 1. The number of aromatic nitrogens is 1. The van der Waals surface area contributed by atoms with Crippen LogP contribution in [0.1, 0.15) is 69.2 Å². The van der Waals surface area contributed by atoms with E-state index in [4.69, 9.17) is 0 Å². The second kappa shape index (κ2) is 8.76. The van der Waals surface area contributed by atoms with E-state index in [1.54, 1.807) is 6.20 Å². The van der Waals surface area contributed by atoms with Gasteiger partial charge in [0.05, 0.1) is 0 Å². The Bertz CT molecular complexity index is 475. The number of pyridine rings is 1. The molecule has 122 valence electrons. The Labute approximate surface area is 134 Å². The molecule has 0 aromatic carbocycles. The first-order valence-corrected chi connectivity index (χ1v) is 8.77. The van der Waals surface area contributed by atoms with E-state index >= 15 is 0 Å². The fraction of sp³-hybridized carbons (Fsp3) is 0.667. The van der Waals surface area contributed by atoms with Crippen LogP contribution in [0.3, 0.4) is 0 Å². The molecule has 0 saturated carbocycles. The summed E-state index contributed by atoms with van der Waals surface area (Å²) in [5.74, 6) is 0.970. The second-order valence-electron chi connectivity index (χ2n) is 6.12. The SMILES string of the molecule is CCCCCNC(=O)c1ccnc(N2CCCCC2CC)c1. The van der Waals surface area contributed by atoms with Crippen LogP contribution in [0.4, 0.5) is 5.82 Å². The second-order valence-corrected chi connectivity index (χ2v) is 6.12. The molecule has 1 atom stereocenters. The zero-order valence-corrected chi connectivity index (χ0v) is 14.0. The molecule has 1 aliphatic heterocycles. The molecule has 4 heteroatoms. The Morgan fingerprint density at radius 2 is 2.23 bits per heavy atom. The highest BCUT2D eigenvalue weighted by molar-refractivity contribution is 5.94. The summed E-state index contributed by atoms with van der Waals surface area (Å²) < 4.78 is 0. The number of amides is 1. The summed E-state index contributed by atoms with van der Waals surface area (Å²) in [5.41, 5.74) is 0.724. The first-order valence-electron chi connectivity index (χ1n) is 8.77. The van der Waals surface area contributed by atoms with Crippen LogP contribution < -0.4 is 10.2 Å². The van der Waals surface area contributed by atoms with Gasteiger partial charge in [-0.25, -0.2) is 4.98 Å². The van der Waals surface area contributed by atoms with Gasteiger partial charge in [0.2, 0.25) is 0 Å². The van der Waals surface area contributed by atoms with E-state index in [-0.39, 0.29) is 5.91 Å². The highest BCUT2D eigenvalue weighted by atomic mass is 16.1. The van der Waals surface area contributed by atoms with Crippen LogP contribution >= 0.6 is 0 Å². The maximum absolute atomic E-state index is 12.2. The van der Waals surface area contributed by atoms with Crippen LogP contribution in [0.25, 0.3) is 0 Å². The smallest absolute Gasteiger partial charge is 0.251 e. The largest absolute Gasteiger partial charge is 0.354 e. The molecule has 1 saturated heterocycles. The van der Waals surface area contributed by atoms with Crippen LogP contribution in [-0.2, 0) is 0 Å². The third kappa shape index (κ3) is 4.46. The van der Waals surface area contributed by atoms with Crippen molar-refractivity contribution in [2.45, 2.75) is 64.8 Å². The lowest BCUT2D eigenvalue weighted by atomic mass is 10.00. The normalized spacial score (nSPS) is 18.3. The Balaban J connectivity index is 2.01. The molecule has 1 aromatic heterocycles. The van der Waals surface area contributed by atoms with Gasteiger partial charge in [-0.2, -0.15) is 0 Å². The van der Waals surface area contributed by atoms with Gasteiger partial charge in [0.25, 0.3) is 5.91 Å². The summed E-state index contributed by atoms with van der Waals surface area (Å²) in [6, 6.07) is 4.32. The van der Waals surface area contributed by atoms with E-state index in [1.165, 1.54) is 25.7 Å². The predicted molar refractivity (Wildman–Crippen MR) is 91.4 cm³/mol. The van der Waals surface area contributed by atoms with Crippen molar-refractivity contribution >= 4 is 11.7 Å². The van der Waals surface area contributed by atoms with Gasteiger partial charge in [0.1, 0.15) is 5.82 Å². The first-order chi connectivity index (χ1) is 10.8. The van der Waals surface area contributed by atoms with Crippen molar-refractivity contribution in [3.8, 4) is 0 Å². The van der Waals surface area contributed by atoms with Crippen molar-refractivity contribution in [1.82, 2.24) is 10.3 Å². The number of hydrogen-bond donors (Lipinski definition) is 1. The summed E-state index contributed by atoms with van der Waals surface area (Å²) in [5, 5.41) is 3.00. The number of piperidine rings is 1. The van der Waals surface area contributed by atoms with Crippen molar-refractivity contribution < 1.29 is 4.79 Å². The van der Waals surface area contributed by atoms with Crippen molar-refractivity contribution in [1.29, 1.82) is 0 Å². The molecule has 0 bridgehead atoms. The van der Waals surface area contributed by atoms with Gasteiger partial charge >= 0.3 is 0 Å². The van der Waals surface area contributed by atoms with Crippen LogP contribution in [0, 0.1) is 0 Å². The van der Waals surface area contributed by atoms with Gasteiger partial charge in [-0.1, -0.05) is 26.7 Å². The van der Waals surface area contributed by atoms with E-state index < -0.39 is 0 Å². The van der Waals surface area contributed by atoms with Gasteiger partial charge in [0.15, 0.2) is 0 Å². The molecule has 1 amide bonds. The van der Waals surface area contributed by atoms with Gasteiger partial charge in [-0.05, 0) is 44.2 Å². The molecule has 1 aromatic rings. The average Bonchev–Trinajstić information content (AvgIpc) is 2.58. The molecular weight excluding hydrogens is 274 g/mol. The van der Waals surface area contributed by atoms with Crippen LogP contribution in [0.15, 0.2) is 18.3 Å². The van der Waals surface area contributed by atoms with Crippen LogP contribution in [0.5, 0.6) is 0 Å². The molecule has 0 aliphatic carbocycles. The number of hydrogen-bond acceptors (Lipinski definition) is 3. The lowest BCUT2D eigenvalue weighted by Gasteiger charge is -2.36. The fourth-order valence-electron chi connectivity index (χ4n) is 3.12. The quantitative estimate of drug-likeness (QED) is 0.780. The van der Waals surface area contributed by atoms with Gasteiger partial charge < -0.3 is 10.2 Å². The fourth-order valence-corrected chi connectivity index (χ4v) is 3.12. The maximum Gasteiger partial charge on any atom is 0.251 e. The molecule has 1 fully saturated rings. The summed E-state index contributed by atoms with van der Waals surface area (Å²) in [7, 11) is 0. The van der Waals surface area contributed by atoms with E-state index in [0.29, 0.717) is 6.04 Å². The Hall–Kier alpha value is -1.58. The third-order valence-corrected chi connectivity index (χ3v) is 4.47. The Morgan fingerprint density at radius 3 is 3.00 bits per heavy atom.